The van der Waals surface area contributed by atoms with Gasteiger partial charge in [-0.2, -0.15) is 0 Å². The molecule has 13 heavy (non-hydrogen) atoms. The molecule has 0 aliphatic carbocycles. The molecule has 1 heterocycles. The highest BCUT2D eigenvalue weighted by Gasteiger charge is 1.93. The Kier molecular flexibility index (Phi) is 5.02. The van der Waals surface area contributed by atoms with E-state index in [1.54, 1.807) is 0 Å². The van der Waals surface area contributed by atoms with Gasteiger partial charge in [0.05, 0.1) is 0 Å². The molecule has 0 aromatic heterocycles. The second-order valence-corrected chi connectivity index (χ2v) is 3.07. The molecule has 0 bridgehead atoms. The third kappa shape index (κ3) is 4.53. The van der Waals surface area contributed by atoms with Crippen molar-refractivity contribution in [3.05, 3.63) is 30.3 Å². The van der Waals surface area contributed by atoms with Crippen LogP contribution in [-0.4, -0.2) is 20.1 Å². The molecule has 1 aromatic rings. The van der Waals surface area contributed by atoms with Crippen molar-refractivity contribution < 1.29 is 0 Å². The summed E-state index contributed by atoms with van der Waals surface area (Å²) >= 11 is 0. The Hall–Kier alpha value is -1.02. The van der Waals surface area contributed by atoms with Crippen LogP contribution in [0.2, 0.25) is 0 Å². The van der Waals surface area contributed by atoms with Gasteiger partial charge in [-0.25, -0.2) is 0 Å². The third-order valence-electron chi connectivity index (χ3n) is 2.02. The van der Waals surface area contributed by atoms with Gasteiger partial charge in [0.1, 0.15) is 0 Å². The largest absolute Gasteiger partial charge is 0.388 e. The van der Waals surface area contributed by atoms with Gasteiger partial charge in [0, 0.05) is 12.7 Å². The first-order chi connectivity index (χ1) is 6.43. The number of benzene rings is 1. The molecule has 2 nitrogen and oxygen atoms in total. The second-order valence-electron chi connectivity index (χ2n) is 3.07. The van der Waals surface area contributed by atoms with Crippen LogP contribution in [0.3, 0.4) is 0 Å². The zero-order chi connectivity index (χ0) is 9.36. The Bertz CT molecular complexity index is 197. The Morgan fingerprint density at radius 2 is 1.69 bits per heavy atom. The third-order valence-corrected chi connectivity index (χ3v) is 2.02. The molecule has 1 aliphatic rings. The summed E-state index contributed by atoms with van der Waals surface area (Å²) in [6, 6.07) is 10.1. The van der Waals surface area contributed by atoms with Crippen molar-refractivity contribution >= 4 is 5.69 Å². The number of rotatable bonds is 1. The Labute approximate surface area is 80.4 Å². The molecule has 0 spiro atoms. The summed E-state index contributed by atoms with van der Waals surface area (Å²) in [6.45, 7) is 2.50. The van der Waals surface area contributed by atoms with Gasteiger partial charge in [-0.05, 0) is 38.1 Å². The Balaban J connectivity index is 0.000000145. The van der Waals surface area contributed by atoms with Crippen LogP contribution in [0.5, 0.6) is 0 Å². The number of hydrogen-bond acceptors (Lipinski definition) is 2. The monoisotopic (exact) mass is 178 g/mol. The second kappa shape index (κ2) is 6.49. The predicted octanol–water partition coefficient (Wildman–Crippen LogP) is 2.10. The lowest BCUT2D eigenvalue weighted by Gasteiger charge is -1.94. The minimum absolute atomic E-state index is 1.16. The maximum Gasteiger partial charge on any atom is 0.0337 e. The highest BCUT2D eigenvalue weighted by Crippen LogP contribution is 2.01. The molecule has 0 atom stereocenters. The SMILES string of the molecule is C1CCNC1.CNc1ccccc1. The van der Waals surface area contributed by atoms with Crippen LogP contribution in [0, 0.1) is 0 Å². The summed E-state index contributed by atoms with van der Waals surface area (Å²) in [5, 5.41) is 6.25. The van der Waals surface area contributed by atoms with E-state index < -0.39 is 0 Å². The van der Waals surface area contributed by atoms with E-state index in [2.05, 4.69) is 10.6 Å². The number of anilines is 1. The van der Waals surface area contributed by atoms with Crippen LogP contribution < -0.4 is 10.6 Å². The van der Waals surface area contributed by atoms with Gasteiger partial charge in [0.15, 0.2) is 0 Å². The molecule has 2 heteroatoms. The van der Waals surface area contributed by atoms with Gasteiger partial charge in [-0.3, -0.25) is 0 Å². The first-order valence-corrected chi connectivity index (χ1v) is 4.87. The van der Waals surface area contributed by atoms with E-state index in [1.165, 1.54) is 25.9 Å². The summed E-state index contributed by atoms with van der Waals surface area (Å²) in [4.78, 5) is 0. The van der Waals surface area contributed by atoms with Crippen molar-refractivity contribution in [2.75, 3.05) is 25.5 Å². The molecule has 72 valence electrons. The van der Waals surface area contributed by atoms with Gasteiger partial charge in [-0.1, -0.05) is 18.2 Å². The van der Waals surface area contributed by atoms with Gasteiger partial charge in [-0.15, -0.1) is 0 Å². The summed E-state index contributed by atoms with van der Waals surface area (Å²) in [6.07, 6.45) is 2.78. The molecule has 1 saturated heterocycles. The molecular formula is C11H18N2. The highest BCUT2D eigenvalue weighted by atomic mass is 14.9. The fraction of sp³-hybridized carbons (Fsp3) is 0.455. The molecule has 0 radical (unpaired) electrons. The van der Waals surface area contributed by atoms with E-state index in [0.717, 1.165) is 5.69 Å². The number of para-hydroxylation sites is 1. The first-order valence-electron chi connectivity index (χ1n) is 4.87. The van der Waals surface area contributed by atoms with Crippen molar-refractivity contribution in [3.63, 3.8) is 0 Å². The van der Waals surface area contributed by atoms with Crippen molar-refractivity contribution in [2.45, 2.75) is 12.8 Å². The lowest BCUT2D eigenvalue weighted by molar-refractivity contribution is 0.857. The van der Waals surface area contributed by atoms with E-state index in [4.69, 9.17) is 0 Å². The fourth-order valence-electron chi connectivity index (χ4n) is 1.23. The highest BCUT2D eigenvalue weighted by molar-refractivity contribution is 5.41. The van der Waals surface area contributed by atoms with Crippen molar-refractivity contribution in [3.8, 4) is 0 Å². The average molecular weight is 178 g/mol. The maximum absolute atomic E-state index is 3.22. The Morgan fingerprint density at radius 3 is 2.00 bits per heavy atom. The summed E-state index contributed by atoms with van der Waals surface area (Å²) in [5.41, 5.74) is 1.16. The van der Waals surface area contributed by atoms with Gasteiger partial charge in [0.2, 0.25) is 0 Å². The summed E-state index contributed by atoms with van der Waals surface area (Å²) in [5.74, 6) is 0. The van der Waals surface area contributed by atoms with Crippen LogP contribution in [0.25, 0.3) is 0 Å². The van der Waals surface area contributed by atoms with Crippen LogP contribution in [0.15, 0.2) is 30.3 Å². The topological polar surface area (TPSA) is 24.1 Å². The standard InChI is InChI=1S/C7H9N.C4H9N/c1-8-7-5-3-2-4-6-7;1-2-4-5-3-1/h2-6,8H,1H3;5H,1-4H2. The minimum atomic E-state index is 1.16. The van der Waals surface area contributed by atoms with Crippen LogP contribution in [0.4, 0.5) is 5.69 Å². The molecule has 0 unspecified atom stereocenters. The Morgan fingerprint density at radius 1 is 1.08 bits per heavy atom. The molecule has 0 saturated carbocycles. The first kappa shape index (κ1) is 10.1. The molecular weight excluding hydrogens is 160 g/mol. The van der Waals surface area contributed by atoms with Gasteiger partial charge in [0.25, 0.3) is 0 Å². The summed E-state index contributed by atoms with van der Waals surface area (Å²) < 4.78 is 0. The summed E-state index contributed by atoms with van der Waals surface area (Å²) in [7, 11) is 1.91. The van der Waals surface area contributed by atoms with E-state index in [0.29, 0.717) is 0 Å². The molecule has 1 aliphatic heterocycles. The van der Waals surface area contributed by atoms with Crippen molar-refractivity contribution in [1.82, 2.24) is 5.32 Å². The molecule has 0 amide bonds. The molecule has 2 N–H and O–H groups in total. The van der Waals surface area contributed by atoms with E-state index in [-0.39, 0.29) is 0 Å². The van der Waals surface area contributed by atoms with E-state index >= 15 is 0 Å². The van der Waals surface area contributed by atoms with Crippen LogP contribution >= 0.6 is 0 Å². The zero-order valence-corrected chi connectivity index (χ0v) is 8.22. The normalized spacial score (nSPS) is 14.5. The predicted molar refractivity (Wildman–Crippen MR) is 58.1 cm³/mol. The molecule has 2 rings (SSSR count). The van der Waals surface area contributed by atoms with Gasteiger partial charge < -0.3 is 10.6 Å². The number of hydrogen-bond donors (Lipinski definition) is 2. The number of nitrogens with one attached hydrogen (secondary N) is 2. The molecule has 1 fully saturated rings. The van der Waals surface area contributed by atoms with E-state index in [9.17, 15) is 0 Å². The van der Waals surface area contributed by atoms with Crippen molar-refractivity contribution in [2.24, 2.45) is 0 Å². The minimum Gasteiger partial charge on any atom is -0.388 e. The van der Waals surface area contributed by atoms with Crippen LogP contribution in [0.1, 0.15) is 12.8 Å². The fourth-order valence-corrected chi connectivity index (χ4v) is 1.23. The average Bonchev–Trinajstić information content (AvgIpc) is 2.77. The quantitative estimate of drug-likeness (QED) is 0.688. The van der Waals surface area contributed by atoms with Gasteiger partial charge >= 0.3 is 0 Å². The van der Waals surface area contributed by atoms with E-state index in [1.807, 2.05) is 37.4 Å². The maximum atomic E-state index is 3.22. The van der Waals surface area contributed by atoms with Crippen molar-refractivity contribution in [1.29, 1.82) is 0 Å². The smallest absolute Gasteiger partial charge is 0.0337 e. The lowest BCUT2D eigenvalue weighted by Crippen LogP contribution is -2.03. The zero-order valence-electron chi connectivity index (χ0n) is 8.22. The molecule has 1 aromatic carbocycles. The lowest BCUT2D eigenvalue weighted by atomic mass is 10.3. The van der Waals surface area contributed by atoms with Crippen LogP contribution in [-0.2, 0) is 0 Å².